The van der Waals surface area contributed by atoms with Gasteiger partial charge in [-0.25, -0.2) is 18.2 Å². The summed E-state index contributed by atoms with van der Waals surface area (Å²) >= 11 is 0. The number of rotatable bonds is 5. The maximum Gasteiger partial charge on any atom is 0.433 e. The van der Waals surface area contributed by atoms with Crippen LogP contribution in [0.25, 0.3) is 11.0 Å². The van der Waals surface area contributed by atoms with Crippen LogP contribution in [0.2, 0.25) is 0 Å². The van der Waals surface area contributed by atoms with Crippen molar-refractivity contribution in [2.45, 2.75) is 24.0 Å². The van der Waals surface area contributed by atoms with E-state index in [0.29, 0.717) is 6.07 Å². The first-order valence-electron chi connectivity index (χ1n) is 8.48. The van der Waals surface area contributed by atoms with Gasteiger partial charge in [0.1, 0.15) is 11.3 Å². The van der Waals surface area contributed by atoms with Gasteiger partial charge in [0.2, 0.25) is 0 Å². The zero-order chi connectivity index (χ0) is 21.4. The standard InChI is InChI=1S/C18H16F3N3O4S/c1-23-15-13(8-9-14(22-15)18(19,20)21)16(25)24(17(23)26)10-5-11-29(27,28)12-6-3-2-4-7-12/h2-4,6-9H,5,10-11H2,1H3. The maximum atomic E-state index is 12.9. The van der Waals surface area contributed by atoms with Gasteiger partial charge in [-0.3, -0.25) is 13.9 Å². The van der Waals surface area contributed by atoms with Gasteiger partial charge in [0.25, 0.3) is 5.56 Å². The second-order valence-corrected chi connectivity index (χ2v) is 8.46. The smallest absolute Gasteiger partial charge is 0.280 e. The molecule has 2 heterocycles. The van der Waals surface area contributed by atoms with E-state index >= 15 is 0 Å². The van der Waals surface area contributed by atoms with E-state index < -0.39 is 33.0 Å². The number of fused-ring (bicyclic) bond motifs is 1. The topological polar surface area (TPSA) is 91.0 Å². The summed E-state index contributed by atoms with van der Waals surface area (Å²) in [4.78, 5) is 28.5. The van der Waals surface area contributed by atoms with E-state index in [9.17, 15) is 31.2 Å². The van der Waals surface area contributed by atoms with Crippen LogP contribution in [-0.2, 0) is 29.6 Å². The Balaban J connectivity index is 1.93. The summed E-state index contributed by atoms with van der Waals surface area (Å²) in [6.07, 6.45) is -4.74. The highest BCUT2D eigenvalue weighted by atomic mass is 32.2. The summed E-state index contributed by atoms with van der Waals surface area (Å²) in [5.74, 6) is -0.296. The second kappa shape index (κ2) is 7.47. The molecule has 0 unspecified atom stereocenters. The fraction of sp³-hybridized carbons (Fsp3) is 0.278. The predicted molar refractivity (Wildman–Crippen MR) is 99.4 cm³/mol. The molecule has 29 heavy (non-hydrogen) atoms. The van der Waals surface area contributed by atoms with E-state index in [1.807, 2.05) is 0 Å². The second-order valence-electron chi connectivity index (χ2n) is 6.35. The minimum Gasteiger partial charge on any atom is -0.280 e. The van der Waals surface area contributed by atoms with Gasteiger partial charge in [0.05, 0.1) is 16.0 Å². The Labute approximate surface area is 163 Å². The molecule has 0 atom stereocenters. The minimum absolute atomic E-state index is 0.0219. The molecule has 2 aromatic heterocycles. The molecule has 1 aromatic carbocycles. The lowest BCUT2D eigenvalue weighted by atomic mass is 10.2. The van der Waals surface area contributed by atoms with Crippen molar-refractivity contribution in [1.82, 2.24) is 14.1 Å². The summed E-state index contributed by atoms with van der Waals surface area (Å²) < 4.78 is 64.8. The van der Waals surface area contributed by atoms with Crippen LogP contribution in [0.5, 0.6) is 0 Å². The Morgan fingerprint density at radius 2 is 1.69 bits per heavy atom. The third kappa shape index (κ3) is 4.09. The van der Waals surface area contributed by atoms with Crippen LogP contribution in [0.15, 0.2) is 56.9 Å². The van der Waals surface area contributed by atoms with Crippen molar-refractivity contribution in [3.05, 3.63) is 69.0 Å². The number of sulfone groups is 1. The number of benzene rings is 1. The first kappa shape index (κ1) is 20.8. The lowest BCUT2D eigenvalue weighted by Crippen LogP contribution is -2.40. The highest BCUT2D eigenvalue weighted by Gasteiger charge is 2.33. The van der Waals surface area contributed by atoms with Crippen LogP contribution in [-0.4, -0.2) is 28.3 Å². The third-order valence-electron chi connectivity index (χ3n) is 4.37. The summed E-state index contributed by atoms with van der Waals surface area (Å²) in [7, 11) is -2.39. The van der Waals surface area contributed by atoms with Crippen LogP contribution in [0.4, 0.5) is 13.2 Å². The normalized spacial score (nSPS) is 12.4. The van der Waals surface area contributed by atoms with Crippen LogP contribution in [0.1, 0.15) is 12.1 Å². The molecule has 11 heteroatoms. The monoisotopic (exact) mass is 427 g/mol. The Morgan fingerprint density at radius 1 is 1.03 bits per heavy atom. The van der Waals surface area contributed by atoms with Crippen molar-refractivity contribution < 1.29 is 21.6 Å². The molecule has 0 radical (unpaired) electrons. The largest absolute Gasteiger partial charge is 0.433 e. The van der Waals surface area contributed by atoms with Crippen molar-refractivity contribution in [3.8, 4) is 0 Å². The number of alkyl halides is 3. The molecule has 3 rings (SSSR count). The zero-order valence-electron chi connectivity index (χ0n) is 15.2. The average Bonchev–Trinajstić information content (AvgIpc) is 2.68. The quantitative estimate of drug-likeness (QED) is 0.621. The molecular formula is C18H16F3N3O4S. The van der Waals surface area contributed by atoms with E-state index in [0.717, 1.165) is 15.2 Å². The number of nitrogens with zero attached hydrogens (tertiary/aromatic N) is 3. The first-order valence-corrected chi connectivity index (χ1v) is 10.1. The molecule has 0 amide bonds. The fourth-order valence-corrected chi connectivity index (χ4v) is 4.21. The summed E-state index contributed by atoms with van der Waals surface area (Å²) in [5.41, 5.74) is -3.29. The van der Waals surface area contributed by atoms with Crippen LogP contribution in [0.3, 0.4) is 0 Å². The summed E-state index contributed by atoms with van der Waals surface area (Å²) in [5, 5.41) is -0.161. The Bertz CT molecular complexity index is 1280. The number of aryl methyl sites for hydroxylation is 1. The molecule has 0 aliphatic heterocycles. The molecule has 7 nitrogen and oxygen atoms in total. The molecule has 0 saturated heterocycles. The van der Waals surface area contributed by atoms with Gasteiger partial charge in [-0.05, 0) is 30.7 Å². The molecule has 0 spiro atoms. The van der Waals surface area contributed by atoms with Crippen molar-refractivity contribution in [1.29, 1.82) is 0 Å². The molecular weight excluding hydrogens is 411 g/mol. The van der Waals surface area contributed by atoms with E-state index in [1.165, 1.54) is 19.2 Å². The van der Waals surface area contributed by atoms with E-state index in [1.54, 1.807) is 18.2 Å². The molecule has 0 N–H and O–H groups in total. The van der Waals surface area contributed by atoms with Crippen LogP contribution < -0.4 is 11.2 Å². The van der Waals surface area contributed by atoms with E-state index in [-0.39, 0.29) is 34.6 Å². The fourth-order valence-electron chi connectivity index (χ4n) is 2.89. The van der Waals surface area contributed by atoms with Crippen LogP contribution >= 0.6 is 0 Å². The van der Waals surface area contributed by atoms with E-state index in [2.05, 4.69) is 4.98 Å². The molecule has 0 aliphatic carbocycles. The number of hydrogen-bond acceptors (Lipinski definition) is 5. The number of hydrogen-bond donors (Lipinski definition) is 0. The average molecular weight is 427 g/mol. The highest BCUT2D eigenvalue weighted by molar-refractivity contribution is 7.91. The van der Waals surface area contributed by atoms with Crippen molar-refractivity contribution in [3.63, 3.8) is 0 Å². The molecule has 0 bridgehead atoms. The SMILES string of the molecule is Cn1c(=O)n(CCCS(=O)(=O)c2ccccc2)c(=O)c2ccc(C(F)(F)F)nc21. The lowest BCUT2D eigenvalue weighted by molar-refractivity contribution is -0.141. The van der Waals surface area contributed by atoms with Crippen molar-refractivity contribution >= 4 is 20.9 Å². The van der Waals surface area contributed by atoms with Gasteiger partial charge >= 0.3 is 11.9 Å². The Hall–Kier alpha value is -2.95. The highest BCUT2D eigenvalue weighted by Crippen LogP contribution is 2.28. The first-order chi connectivity index (χ1) is 13.5. The number of halogens is 3. The van der Waals surface area contributed by atoms with Gasteiger partial charge in [-0.15, -0.1) is 0 Å². The predicted octanol–water partition coefficient (Wildman–Crippen LogP) is 1.98. The number of pyridine rings is 1. The number of aromatic nitrogens is 3. The Kier molecular flexibility index (Phi) is 5.35. The molecule has 154 valence electrons. The van der Waals surface area contributed by atoms with Gasteiger partial charge < -0.3 is 0 Å². The van der Waals surface area contributed by atoms with Crippen molar-refractivity contribution in [2.75, 3.05) is 5.75 Å². The third-order valence-corrected chi connectivity index (χ3v) is 6.19. The summed E-state index contributed by atoms with van der Waals surface area (Å²) in [6, 6.07) is 9.36. The molecule has 0 saturated carbocycles. The minimum atomic E-state index is -4.72. The Morgan fingerprint density at radius 3 is 2.31 bits per heavy atom. The summed E-state index contributed by atoms with van der Waals surface area (Å²) in [6.45, 7) is -0.200. The van der Waals surface area contributed by atoms with Crippen molar-refractivity contribution in [2.24, 2.45) is 7.05 Å². The lowest BCUT2D eigenvalue weighted by Gasteiger charge is -2.12. The molecule has 0 aliphatic rings. The molecule has 0 fully saturated rings. The van der Waals surface area contributed by atoms with Crippen LogP contribution in [0, 0.1) is 0 Å². The maximum absolute atomic E-state index is 12.9. The van der Waals surface area contributed by atoms with Gasteiger partial charge in [0, 0.05) is 13.6 Å². The van der Waals surface area contributed by atoms with Gasteiger partial charge in [-0.1, -0.05) is 18.2 Å². The molecule has 3 aromatic rings. The van der Waals surface area contributed by atoms with Gasteiger partial charge in [0.15, 0.2) is 9.84 Å². The van der Waals surface area contributed by atoms with Gasteiger partial charge in [-0.2, -0.15) is 13.2 Å². The van der Waals surface area contributed by atoms with E-state index in [4.69, 9.17) is 0 Å². The zero-order valence-corrected chi connectivity index (χ0v) is 16.0.